The summed E-state index contributed by atoms with van der Waals surface area (Å²) in [5, 5.41) is 10.7. The van der Waals surface area contributed by atoms with Crippen LogP contribution in [0.1, 0.15) is 453 Å². The van der Waals surface area contributed by atoms with E-state index in [2.05, 4.69) is 48.5 Å². The lowest BCUT2D eigenvalue weighted by Gasteiger charge is -2.21. The number of rotatable bonds is 84. The molecule has 0 aliphatic heterocycles. The number of hydrogen-bond donors (Lipinski definition) is 3. The zero-order chi connectivity index (χ0) is 77.2. The van der Waals surface area contributed by atoms with E-state index in [4.69, 9.17) is 37.0 Å². The Morgan fingerprint density at radius 3 is 0.648 bits per heavy atom. The Balaban J connectivity index is 5.21. The second kappa shape index (κ2) is 76.1. The molecule has 0 aliphatic rings. The summed E-state index contributed by atoms with van der Waals surface area (Å²) >= 11 is 0. The van der Waals surface area contributed by atoms with Crippen molar-refractivity contribution in [2.45, 2.75) is 471 Å². The van der Waals surface area contributed by atoms with Crippen LogP contribution in [-0.2, 0) is 65.4 Å². The first-order chi connectivity index (χ1) is 50.7. The third-order valence-electron chi connectivity index (χ3n) is 20.1. The van der Waals surface area contributed by atoms with Gasteiger partial charge in [-0.25, -0.2) is 9.13 Å². The average molecular weight is 1540 g/mol. The van der Waals surface area contributed by atoms with Gasteiger partial charge in [-0.1, -0.05) is 402 Å². The first-order valence-electron chi connectivity index (χ1n) is 44.3. The van der Waals surface area contributed by atoms with Crippen molar-refractivity contribution < 1.29 is 80.2 Å². The maximum absolute atomic E-state index is 13.1. The Hall–Kier alpha value is -1.94. The highest BCUT2D eigenvalue weighted by Crippen LogP contribution is 2.45. The van der Waals surface area contributed by atoms with E-state index in [0.29, 0.717) is 25.7 Å². The molecule has 624 valence electrons. The van der Waals surface area contributed by atoms with Gasteiger partial charge in [0.15, 0.2) is 12.2 Å². The summed E-state index contributed by atoms with van der Waals surface area (Å²) < 4.78 is 68.9. The Bertz CT molecular complexity index is 2030. The molecule has 2 unspecified atom stereocenters. The second-order valence-corrected chi connectivity index (χ2v) is 35.3. The third kappa shape index (κ3) is 79.9. The zero-order valence-corrected chi connectivity index (χ0v) is 71.0. The highest BCUT2D eigenvalue weighted by Gasteiger charge is 2.30. The van der Waals surface area contributed by atoms with Gasteiger partial charge in [-0.2, -0.15) is 0 Å². The van der Waals surface area contributed by atoms with Gasteiger partial charge in [0.05, 0.1) is 26.4 Å². The Labute approximate surface area is 645 Å². The van der Waals surface area contributed by atoms with E-state index in [1.165, 1.54) is 263 Å². The molecule has 0 amide bonds. The molecular formula is C86H168O17P2. The summed E-state index contributed by atoms with van der Waals surface area (Å²) in [5.74, 6) is 0.320. The number of aliphatic hydroxyl groups excluding tert-OH is 1. The molecule has 17 nitrogen and oxygen atoms in total. The minimum Gasteiger partial charge on any atom is -0.462 e. The summed E-state index contributed by atoms with van der Waals surface area (Å²) in [5.41, 5.74) is 0. The normalized spacial score (nSPS) is 13.9. The topological polar surface area (TPSA) is 237 Å². The molecule has 0 aromatic carbocycles. The summed E-state index contributed by atoms with van der Waals surface area (Å²) in [4.78, 5) is 73.2. The SMILES string of the molecule is CCCCCCCCCCCC(=O)OC[C@H](COP(=O)(O)OC[C@H](O)COP(=O)(O)OC[C@@H](COC(=O)CCCCCCCCCCCCCCCCCCC(C)C)OC(=O)CCCCCCCCCCCCCCCCCCC(C)C)OC(=O)CCCCCCCCCCCCCCCCCC(C)C. The van der Waals surface area contributed by atoms with Gasteiger partial charge >= 0.3 is 39.5 Å². The minimum absolute atomic E-state index is 0.108. The fourth-order valence-electron chi connectivity index (χ4n) is 13.4. The van der Waals surface area contributed by atoms with Gasteiger partial charge in [-0.05, 0) is 43.4 Å². The van der Waals surface area contributed by atoms with Crippen LogP contribution in [0.15, 0.2) is 0 Å². The molecule has 0 aromatic heterocycles. The number of carbonyl (C=O) groups is 4. The Morgan fingerprint density at radius 2 is 0.438 bits per heavy atom. The molecule has 0 saturated carbocycles. The van der Waals surface area contributed by atoms with Crippen LogP contribution in [0.4, 0.5) is 0 Å². The summed E-state index contributed by atoms with van der Waals surface area (Å²) in [6.45, 7) is 12.1. The summed E-state index contributed by atoms with van der Waals surface area (Å²) in [6.07, 6.45) is 66.6. The Kier molecular flexibility index (Phi) is 74.7. The summed E-state index contributed by atoms with van der Waals surface area (Å²) in [7, 11) is -9.93. The molecular weight excluding hydrogens is 1370 g/mol. The number of carbonyl (C=O) groups excluding carboxylic acids is 4. The van der Waals surface area contributed by atoms with Gasteiger partial charge in [0, 0.05) is 25.7 Å². The van der Waals surface area contributed by atoms with Gasteiger partial charge in [0.25, 0.3) is 0 Å². The van der Waals surface area contributed by atoms with Gasteiger partial charge < -0.3 is 33.8 Å². The highest BCUT2D eigenvalue weighted by atomic mass is 31.2. The molecule has 5 atom stereocenters. The van der Waals surface area contributed by atoms with Crippen molar-refractivity contribution in [1.82, 2.24) is 0 Å². The van der Waals surface area contributed by atoms with Gasteiger partial charge in [0.1, 0.15) is 19.3 Å². The van der Waals surface area contributed by atoms with E-state index >= 15 is 0 Å². The first-order valence-corrected chi connectivity index (χ1v) is 47.3. The molecule has 0 radical (unpaired) electrons. The number of hydrogen-bond acceptors (Lipinski definition) is 15. The molecule has 19 heteroatoms. The first kappa shape index (κ1) is 103. The van der Waals surface area contributed by atoms with Crippen molar-refractivity contribution in [2.24, 2.45) is 17.8 Å². The van der Waals surface area contributed by atoms with Crippen molar-refractivity contribution in [2.75, 3.05) is 39.6 Å². The maximum Gasteiger partial charge on any atom is 0.472 e. The van der Waals surface area contributed by atoms with Crippen molar-refractivity contribution >= 4 is 39.5 Å². The van der Waals surface area contributed by atoms with E-state index in [0.717, 1.165) is 108 Å². The van der Waals surface area contributed by atoms with Crippen LogP contribution in [0.5, 0.6) is 0 Å². The lowest BCUT2D eigenvalue weighted by Crippen LogP contribution is -2.30. The van der Waals surface area contributed by atoms with Crippen LogP contribution in [0.2, 0.25) is 0 Å². The highest BCUT2D eigenvalue weighted by molar-refractivity contribution is 7.47. The van der Waals surface area contributed by atoms with Crippen LogP contribution in [0.25, 0.3) is 0 Å². The predicted octanol–water partition coefficient (Wildman–Crippen LogP) is 26.1. The second-order valence-electron chi connectivity index (χ2n) is 32.4. The monoisotopic (exact) mass is 1540 g/mol. The summed E-state index contributed by atoms with van der Waals surface area (Å²) in [6, 6.07) is 0. The third-order valence-corrected chi connectivity index (χ3v) is 22.0. The number of phosphoric acid groups is 2. The molecule has 0 fully saturated rings. The number of esters is 4. The van der Waals surface area contributed by atoms with E-state index < -0.39 is 97.5 Å². The van der Waals surface area contributed by atoms with Crippen LogP contribution >= 0.6 is 15.6 Å². The van der Waals surface area contributed by atoms with E-state index in [9.17, 15) is 43.2 Å². The van der Waals surface area contributed by atoms with Crippen molar-refractivity contribution in [1.29, 1.82) is 0 Å². The molecule has 0 heterocycles. The lowest BCUT2D eigenvalue weighted by molar-refractivity contribution is -0.161. The van der Waals surface area contributed by atoms with E-state index in [1.807, 2.05) is 0 Å². The largest absolute Gasteiger partial charge is 0.472 e. The van der Waals surface area contributed by atoms with Gasteiger partial charge in [-0.3, -0.25) is 37.3 Å². The zero-order valence-electron chi connectivity index (χ0n) is 69.2. The van der Waals surface area contributed by atoms with E-state index in [1.54, 1.807) is 0 Å². The number of phosphoric ester groups is 2. The molecule has 0 saturated heterocycles. The molecule has 0 spiro atoms. The van der Waals surface area contributed by atoms with Crippen LogP contribution < -0.4 is 0 Å². The quantitative estimate of drug-likeness (QED) is 0.0222. The molecule has 0 rings (SSSR count). The average Bonchev–Trinajstić information content (AvgIpc) is 0.914. The fraction of sp³-hybridized carbons (Fsp3) is 0.953. The van der Waals surface area contributed by atoms with Crippen LogP contribution in [0, 0.1) is 17.8 Å². The van der Waals surface area contributed by atoms with E-state index in [-0.39, 0.29) is 25.7 Å². The molecule has 0 bridgehead atoms. The predicted molar refractivity (Wildman–Crippen MR) is 432 cm³/mol. The number of unbranched alkanes of at least 4 members (excludes halogenated alkanes) is 52. The molecule has 0 aliphatic carbocycles. The van der Waals surface area contributed by atoms with Crippen molar-refractivity contribution in [3.63, 3.8) is 0 Å². The van der Waals surface area contributed by atoms with Crippen molar-refractivity contribution in [3.8, 4) is 0 Å². The van der Waals surface area contributed by atoms with Crippen LogP contribution in [0.3, 0.4) is 0 Å². The number of aliphatic hydroxyl groups is 1. The Morgan fingerprint density at radius 1 is 0.257 bits per heavy atom. The maximum atomic E-state index is 13.1. The standard InChI is InChI=1S/C86H168O17P2/c1-8-9-10-11-12-36-46-53-60-67-83(88)96-73-81(102-85(90)70-63-56-49-42-35-29-23-17-20-26-32-39-45-52-59-66-79(6)7)75-100-104(92,93)98-71-80(87)72-99-105(94,95)101-76-82(103-86(91)69-62-55-48-41-34-28-22-16-14-19-25-31-38-44-51-58-65-78(4)5)74-97-84(89)68-61-54-47-40-33-27-21-15-13-18-24-30-37-43-50-57-64-77(2)3/h77-82,87H,8-76H2,1-7H3,(H,92,93)(H,94,95)/t80-,81+,82+/m0/s1. The smallest absolute Gasteiger partial charge is 0.462 e. The fourth-order valence-corrected chi connectivity index (χ4v) is 14.9. The number of ether oxygens (including phenoxy) is 4. The van der Waals surface area contributed by atoms with Gasteiger partial charge in [-0.15, -0.1) is 0 Å². The molecule has 0 aromatic rings. The minimum atomic E-state index is -4.97. The molecule has 105 heavy (non-hydrogen) atoms. The molecule has 3 N–H and O–H groups in total. The van der Waals surface area contributed by atoms with Crippen molar-refractivity contribution in [3.05, 3.63) is 0 Å². The van der Waals surface area contributed by atoms with Gasteiger partial charge in [0.2, 0.25) is 0 Å². The lowest BCUT2D eigenvalue weighted by atomic mass is 10.0. The van der Waals surface area contributed by atoms with Crippen LogP contribution in [-0.4, -0.2) is 96.7 Å².